The van der Waals surface area contributed by atoms with Crippen LogP contribution < -0.4 is 10.5 Å². The first kappa shape index (κ1) is 15.6. The number of likely N-dealkylation sites (tertiary alicyclic amines) is 1. The average Bonchev–Trinajstić information content (AvgIpc) is 3.24. The lowest BCUT2D eigenvalue weighted by Crippen LogP contribution is -2.36. The highest BCUT2D eigenvalue weighted by Crippen LogP contribution is 2.27. The van der Waals surface area contributed by atoms with Crippen molar-refractivity contribution in [2.45, 2.75) is 31.8 Å². The van der Waals surface area contributed by atoms with E-state index >= 15 is 0 Å². The molecule has 1 aliphatic rings. The Kier molecular flexibility index (Phi) is 4.67. The first-order chi connectivity index (χ1) is 11.2. The molecule has 1 aromatic heterocycles. The zero-order valence-electron chi connectivity index (χ0n) is 13.3. The monoisotopic (exact) mass is 314 g/mol. The van der Waals surface area contributed by atoms with Gasteiger partial charge < -0.3 is 19.8 Å². The van der Waals surface area contributed by atoms with Gasteiger partial charge in [-0.1, -0.05) is 18.2 Å². The Balaban J connectivity index is 1.76. The Hall–Kier alpha value is -2.27. The molecule has 2 aromatic rings. The predicted octanol–water partition coefficient (Wildman–Crippen LogP) is 2.59. The number of hydrogen-bond donors (Lipinski definition) is 1. The van der Waals surface area contributed by atoms with Crippen molar-refractivity contribution < 1.29 is 13.9 Å². The van der Waals surface area contributed by atoms with Gasteiger partial charge >= 0.3 is 0 Å². The third-order valence-corrected chi connectivity index (χ3v) is 4.36. The molecule has 3 rings (SSSR count). The number of ether oxygens (including phenoxy) is 1. The SMILES string of the molecule is COc1ccccc1C[C@H]1CCCN1C(=O)c1ccc(CN)o1. The normalized spacial score (nSPS) is 17.5. The Morgan fingerprint density at radius 2 is 2.17 bits per heavy atom. The molecule has 1 atom stereocenters. The summed E-state index contributed by atoms with van der Waals surface area (Å²) in [5, 5.41) is 0. The van der Waals surface area contributed by atoms with Gasteiger partial charge in [-0.3, -0.25) is 4.79 Å². The average molecular weight is 314 g/mol. The Morgan fingerprint density at radius 3 is 2.91 bits per heavy atom. The van der Waals surface area contributed by atoms with E-state index in [1.807, 2.05) is 23.1 Å². The topological polar surface area (TPSA) is 68.7 Å². The fraction of sp³-hybridized carbons (Fsp3) is 0.389. The van der Waals surface area contributed by atoms with Crippen LogP contribution in [0.2, 0.25) is 0 Å². The molecule has 23 heavy (non-hydrogen) atoms. The van der Waals surface area contributed by atoms with Crippen LogP contribution in [0, 0.1) is 0 Å². The van der Waals surface area contributed by atoms with E-state index in [9.17, 15) is 4.79 Å². The van der Waals surface area contributed by atoms with E-state index in [1.165, 1.54) is 0 Å². The van der Waals surface area contributed by atoms with Crippen LogP contribution in [0.1, 0.15) is 34.7 Å². The number of carbonyl (C=O) groups excluding carboxylic acids is 1. The van der Waals surface area contributed by atoms with E-state index in [0.29, 0.717) is 18.1 Å². The molecule has 2 N–H and O–H groups in total. The second-order valence-corrected chi connectivity index (χ2v) is 5.78. The summed E-state index contributed by atoms with van der Waals surface area (Å²) in [5.41, 5.74) is 6.67. The molecule has 1 saturated heterocycles. The number of carbonyl (C=O) groups is 1. The van der Waals surface area contributed by atoms with Gasteiger partial charge in [0.15, 0.2) is 5.76 Å². The first-order valence-corrected chi connectivity index (χ1v) is 7.94. The summed E-state index contributed by atoms with van der Waals surface area (Å²) >= 11 is 0. The third-order valence-electron chi connectivity index (χ3n) is 4.36. The molecular formula is C18H22N2O3. The number of rotatable bonds is 5. The Bertz CT molecular complexity index is 680. The van der Waals surface area contributed by atoms with Crippen LogP contribution >= 0.6 is 0 Å². The van der Waals surface area contributed by atoms with Crippen LogP contribution in [-0.4, -0.2) is 30.5 Å². The van der Waals surface area contributed by atoms with Crippen LogP contribution in [0.15, 0.2) is 40.8 Å². The standard InChI is InChI=1S/C18H22N2O3/c1-22-16-7-3-2-5-13(16)11-14-6-4-10-20(14)18(21)17-9-8-15(12-19)23-17/h2-3,5,7-9,14H,4,6,10-12,19H2,1H3/t14-/m1/s1. The molecule has 1 aliphatic heterocycles. The van der Waals surface area contributed by atoms with Crippen LogP contribution in [0.4, 0.5) is 0 Å². The molecule has 0 spiro atoms. The molecule has 0 saturated carbocycles. The van der Waals surface area contributed by atoms with Crippen molar-refractivity contribution in [3.63, 3.8) is 0 Å². The van der Waals surface area contributed by atoms with Gasteiger partial charge in [-0.05, 0) is 43.0 Å². The van der Waals surface area contributed by atoms with Crippen molar-refractivity contribution in [1.29, 1.82) is 0 Å². The zero-order chi connectivity index (χ0) is 16.2. The second-order valence-electron chi connectivity index (χ2n) is 5.78. The zero-order valence-corrected chi connectivity index (χ0v) is 13.3. The molecule has 0 aliphatic carbocycles. The summed E-state index contributed by atoms with van der Waals surface area (Å²) in [5.74, 6) is 1.82. The molecule has 0 unspecified atom stereocenters. The van der Waals surface area contributed by atoms with E-state index in [-0.39, 0.29) is 11.9 Å². The summed E-state index contributed by atoms with van der Waals surface area (Å²) in [6, 6.07) is 11.6. The van der Waals surface area contributed by atoms with Crippen molar-refractivity contribution >= 4 is 5.91 Å². The molecule has 5 heteroatoms. The van der Waals surface area contributed by atoms with Gasteiger partial charge in [-0.25, -0.2) is 0 Å². The summed E-state index contributed by atoms with van der Waals surface area (Å²) in [7, 11) is 1.67. The minimum Gasteiger partial charge on any atom is -0.496 e. The summed E-state index contributed by atoms with van der Waals surface area (Å²) < 4.78 is 10.9. The molecule has 0 radical (unpaired) electrons. The number of furan rings is 1. The minimum atomic E-state index is -0.0536. The van der Waals surface area contributed by atoms with Crippen molar-refractivity contribution in [2.75, 3.05) is 13.7 Å². The van der Waals surface area contributed by atoms with Gasteiger partial charge in [0.25, 0.3) is 5.91 Å². The molecule has 1 aromatic carbocycles. The highest BCUT2D eigenvalue weighted by molar-refractivity contribution is 5.92. The van der Waals surface area contributed by atoms with Crippen molar-refractivity contribution in [2.24, 2.45) is 5.73 Å². The van der Waals surface area contributed by atoms with E-state index in [1.54, 1.807) is 19.2 Å². The largest absolute Gasteiger partial charge is 0.496 e. The van der Waals surface area contributed by atoms with E-state index in [2.05, 4.69) is 6.07 Å². The van der Waals surface area contributed by atoms with Crippen molar-refractivity contribution in [3.8, 4) is 5.75 Å². The maximum Gasteiger partial charge on any atom is 0.289 e. The van der Waals surface area contributed by atoms with E-state index in [4.69, 9.17) is 14.9 Å². The van der Waals surface area contributed by atoms with Gasteiger partial charge in [0.2, 0.25) is 0 Å². The number of methoxy groups -OCH3 is 1. The first-order valence-electron chi connectivity index (χ1n) is 7.94. The Morgan fingerprint density at radius 1 is 1.35 bits per heavy atom. The van der Waals surface area contributed by atoms with Crippen LogP contribution in [0.25, 0.3) is 0 Å². The lowest BCUT2D eigenvalue weighted by atomic mass is 10.0. The Labute approximate surface area is 136 Å². The molecule has 0 bridgehead atoms. The number of benzene rings is 1. The predicted molar refractivity (Wildman–Crippen MR) is 87.4 cm³/mol. The van der Waals surface area contributed by atoms with Gasteiger partial charge in [0.05, 0.1) is 13.7 Å². The summed E-state index contributed by atoms with van der Waals surface area (Å²) in [6.07, 6.45) is 2.80. The van der Waals surface area contributed by atoms with E-state index < -0.39 is 0 Å². The van der Waals surface area contributed by atoms with Gasteiger partial charge in [-0.2, -0.15) is 0 Å². The maximum atomic E-state index is 12.7. The number of nitrogens with zero attached hydrogens (tertiary/aromatic N) is 1. The lowest BCUT2D eigenvalue weighted by Gasteiger charge is -2.24. The second kappa shape index (κ2) is 6.87. The third kappa shape index (κ3) is 3.24. The van der Waals surface area contributed by atoms with Crippen LogP contribution in [0.3, 0.4) is 0 Å². The number of para-hydroxylation sites is 1. The molecular weight excluding hydrogens is 292 g/mol. The fourth-order valence-electron chi connectivity index (χ4n) is 3.18. The molecule has 1 amide bonds. The molecule has 2 heterocycles. The molecule has 5 nitrogen and oxygen atoms in total. The van der Waals surface area contributed by atoms with Crippen LogP contribution in [0.5, 0.6) is 5.75 Å². The summed E-state index contributed by atoms with van der Waals surface area (Å²) in [6.45, 7) is 1.06. The smallest absolute Gasteiger partial charge is 0.289 e. The number of hydrogen-bond acceptors (Lipinski definition) is 4. The minimum absolute atomic E-state index is 0.0536. The molecule has 1 fully saturated rings. The van der Waals surface area contributed by atoms with Gasteiger partial charge in [0, 0.05) is 12.6 Å². The number of amides is 1. The quantitative estimate of drug-likeness (QED) is 0.921. The fourth-order valence-corrected chi connectivity index (χ4v) is 3.18. The van der Waals surface area contributed by atoms with E-state index in [0.717, 1.165) is 37.1 Å². The van der Waals surface area contributed by atoms with Gasteiger partial charge in [-0.15, -0.1) is 0 Å². The van der Waals surface area contributed by atoms with Crippen LogP contribution in [-0.2, 0) is 13.0 Å². The highest BCUT2D eigenvalue weighted by Gasteiger charge is 2.31. The number of nitrogens with two attached hydrogens (primary N) is 1. The summed E-state index contributed by atoms with van der Waals surface area (Å²) in [4.78, 5) is 14.6. The molecule has 122 valence electrons. The lowest BCUT2D eigenvalue weighted by molar-refractivity contribution is 0.0702. The highest BCUT2D eigenvalue weighted by atomic mass is 16.5. The van der Waals surface area contributed by atoms with Crippen molar-refractivity contribution in [3.05, 3.63) is 53.5 Å². The maximum absolute atomic E-state index is 12.7. The van der Waals surface area contributed by atoms with Crippen molar-refractivity contribution in [1.82, 2.24) is 4.90 Å². The van der Waals surface area contributed by atoms with Gasteiger partial charge in [0.1, 0.15) is 11.5 Å².